The topological polar surface area (TPSA) is 30.5 Å². The highest BCUT2D eigenvalue weighted by atomic mass is 16.5. The Morgan fingerprint density at radius 3 is 2.90 bits per heavy atom. The normalized spacial score (nSPS) is 28.6. The van der Waals surface area contributed by atoms with Crippen molar-refractivity contribution in [1.82, 2.24) is 5.32 Å². The van der Waals surface area contributed by atoms with Crippen molar-refractivity contribution in [3.63, 3.8) is 0 Å². The summed E-state index contributed by atoms with van der Waals surface area (Å²) in [5.41, 5.74) is 2.76. The fourth-order valence-electron chi connectivity index (χ4n) is 3.65. The molecular formula is C18H27NO2. The first-order valence-corrected chi connectivity index (χ1v) is 8.28. The first-order chi connectivity index (χ1) is 10.2. The maximum Gasteiger partial charge on any atom is 0.123 e. The van der Waals surface area contributed by atoms with E-state index < -0.39 is 0 Å². The van der Waals surface area contributed by atoms with Crippen molar-refractivity contribution < 1.29 is 9.47 Å². The summed E-state index contributed by atoms with van der Waals surface area (Å²) in [7, 11) is 2.07. The van der Waals surface area contributed by atoms with Gasteiger partial charge in [0.25, 0.3) is 0 Å². The minimum Gasteiger partial charge on any atom is -0.490 e. The molecule has 1 saturated carbocycles. The number of benzene rings is 1. The van der Waals surface area contributed by atoms with Crippen molar-refractivity contribution in [3.05, 3.63) is 29.3 Å². The van der Waals surface area contributed by atoms with Crippen LogP contribution in [0.5, 0.6) is 5.75 Å². The predicted octanol–water partition coefficient (Wildman–Crippen LogP) is 3.48. The van der Waals surface area contributed by atoms with E-state index in [1.807, 2.05) is 0 Å². The van der Waals surface area contributed by atoms with E-state index in [1.54, 1.807) is 0 Å². The summed E-state index contributed by atoms with van der Waals surface area (Å²) in [5.74, 6) is 1.86. The average molecular weight is 289 g/mol. The maximum absolute atomic E-state index is 5.79. The first-order valence-electron chi connectivity index (χ1n) is 8.28. The number of hydrogen-bond donors (Lipinski definition) is 1. The van der Waals surface area contributed by atoms with Crippen molar-refractivity contribution in [2.24, 2.45) is 5.92 Å². The van der Waals surface area contributed by atoms with E-state index in [-0.39, 0.29) is 0 Å². The Labute approximate surface area is 128 Å². The van der Waals surface area contributed by atoms with Crippen LogP contribution in [0, 0.1) is 5.92 Å². The molecule has 3 nitrogen and oxygen atoms in total. The molecule has 1 fully saturated rings. The average Bonchev–Trinajstić information content (AvgIpc) is 2.80. The Bertz CT molecular complexity index is 482. The van der Waals surface area contributed by atoms with E-state index in [2.05, 4.69) is 44.4 Å². The minimum absolute atomic E-state index is 0.321. The van der Waals surface area contributed by atoms with Gasteiger partial charge >= 0.3 is 0 Å². The Morgan fingerprint density at radius 1 is 1.38 bits per heavy atom. The molecule has 1 aliphatic heterocycles. The van der Waals surface area contributed by atoms with Crippen LogP contribution in [0.25, 0.3) is 0 Å². The fraction of sp³-hybridized carbons (Fsp3) is 0.667. The quantitative estimate of drug-likeness (QED) is 0.870. The molecule has 116 valence electrons. The second-order valence-electron chi connectivity index (χ2n) is 6.49. The van der Waals surface area contributed by atoms with E-state index >= 15 is 0 Å². The molecular weight excluding hydrogens is 262 g/mol. The number of rotatable bonds is 6. The van der Waals surface area contributed by atoms with Crippen LogP contribution in [0.1, 0.15) is 50.3 Å². The molecule has 1 aromatic rings. The number of nitrogens with one attached hydrogen (secondary N) is 1. The molecule has 0 radical (unpaired) electrons. The molecule has 2 unspecified atom stereocenters. The van der Waals surface area contributed by atoms with Gasteiger partial charge in [0.05, 0.1) is 6.10 Å². The van der Waals surface area contributed by atoms with Crippen LogP contribution in [0.3, 0.4) is 0 Å². The summed E-state index contributed by atoms with van der Waals surface area (Å²) in [6.07, 6.45) is 5.51. The molecule has 1 N–H and O–H groups in total. The molecule has 2 aliphatic rings. The third-order valence-electron chi connectivity index (χ3n) is 4.83. The number of fused-ring (bicyclic) bond motifs is 1. The molecule has 3 rings (SSSR count). The lowest BCUT2D eigenvalue weighted by molar-refractivity contribution is -0.0289. The summed E-state index contributed by atoms with van der Waals surface area (Å²) in [4.78, 5) is 0. The van der Waals surface area contributed by atoms with Crippen molar-refractivity contribution in [1.29, 1.82) is 0 Å². The molecule has 1 heterocycles. The molecule has 3 heteroatoms. The highest BCUT2D eigenvalue weighted by molar-refractivity contribution is 5.41. The summed E-state index contributed by atoms with van der Waals surface area (Å²) in [5, 5.41) is 3.49. The largest absolute Gasteiger partial charge is 0.490 e. The summed E-state index contributed by atoms with van der Waals surface area (Å²) < 4.78 is 11.5. The van der Waals surface area contributed by atoms with Crippen LogP contribution >= 0.6 is 0 Å². The van der Waals surface area contributed by atoms with Crippen molar-refractivity contribution >= 4 is 0 Å². The summed E-state index contributed by atoms with van der Waals surface area (Å²) >= 11 is 0. The van der Waals surface area contributed by atoms with Gasteiger partial charge in [0.1, 0.15) is 11.9 Å². The van der Waals surface area contributed by atoms with Gasteiger partial charge < -0.3 is 14.8 Å². The molecule has 0 saturated heterocycles. The van der Waals surface area contributed by atoms with Gasteiger partial charge in [-0.15, -0.1) is 0 Å². The Kier molecular flexibility index (Phi) is 4.51. The fourth-order valence-corrected chi connectivity index (χ4v) is 3.65. The van der Waals surface area contributed by atoms with Crippen molar-refractivity contribution in [3.8, 4) is 5.75 Å². The van der Waals surface area contributed by atoms with E-state index in [4.69, 9.17) is 9.47 Å². The minimum atomic E-state index is 0.321. The second-order valence-corrected chi connectivity index (χ2v) is 6.49. The van der Waals surface area contributed by atoms with E-state index in [1.165, 1.54) is 30.4 Å². The second kappa shape index (κ2) is 6.37. The monoisotopic (exact) mass is 289 g/mol. The van der Waals surface area contributed by atoms with Crippen LogP contribution in [0.4, 0.5) is 0 Å². The molecule has 0 amide bonds. The van der Waals surface area contributed by atoms with Crippen LogP contribution in [-0.4, -0.2) is 25.9 Å². The zero-order valence-corrected chi connectivity index (χ0v) is 13.4. The van der Waals surface area contributed by atoms with Crippen LogP contribution in [0.15, 0.2) is 18.2 Å². The highest BCUT2D eigenvalue weighted by Gasteiger charge is 2.31. The molecule has 0 bridgehead atoms. The lowest BCUT2D eigenvalue weighted by Gasteiger charge is -2.37. The van der Waals surface area contributed by atoms with Gasteiger partial charge in [0.2, 0.25) is 0 Å². The maximum atomic E-state index is 5.79. The Hall–Kier alpha value is -1.06. The SMILES string of the molecule is CCOC1CC(CC(NC)c2ccc3c(c2)CC(C)O3)C1. The van der Waals surface area contributed by atoms with Gasteiger partial charge in [-0.25, -0.2) is 0 Å². The summed E-state index contributed by atoms with van der Waals surface area (Å²) in [6, 6.07) is 7.14. The number of ether oxygens (including phenoxy) is 2. The van der Waals surface area contributed by atoms with Gasteiger partial charge in [0, 0.05) is 19.1 Å². The Morgan fingerprint density at radius 2 is 2.19 bits per heavy atom. The lowest BCUT2D eigenvalue weighted by atomic mass is 9.77. The van der Waals surface area contributed by atoms with Gasteiger partial charge in [-0.2, -0.15) is 0 Å². The van der Waals surface area contributed by atoms with Gasteiger partial charge in [-0.3, -0.25) is 0 Å². The molecule has 0 aromatic heterocycles. The zero-order valence-electron chi connectivity index (χ0n) is 13.4. The standard InChI is InChI=1S/C18H27NO2/c1-4-20-16-8-13(9-16)10-17(19-3)14-5-6-18-15(11-14)7-12(2)21-18/h5-6,11-13,16-17,19H,4,7-10H2,1-3H3. The van der Waals surface area contributed by atoms with Gasteiger partial charge in [-0.05, 0) is 63.3 Å². The molecule has 21 heavy (non-hydrogen) atoms. The van der Waals surface area contributed by atoms with Crippen LogP contribution < -0.4 is 10.1 Å². The molecule has 0 spiro atoms. The Balaban J connectivity index is 1.61. The number of hydrogen-bond acceptors (Lipinski definition) is 3. The third-order valence-corrected chi connectivity index (χ3v) is 4.83. The van der Waals surface area contributed by atoms with E-state index in [0.29, 0.717) is 18.2 Å². The van der Waals surface area contributed by atoms with Crippen molar-refractivity contribution in [2.45, 2.75) is 57.8 Å². The highest BCUT2D eigenvalue weighted by Crippen LogP contribution is 2.38. The molecule has 1 aromatic carbocycles. The van der Waals surface area contributed by atoms with E-state index in [0.717, 1.165) is 24.7 Å². The lowest BCUT2D eigenvalue weighted by Crippen LogP contribution is -2.34. The molecule has 1 aliphatic carbocycles. The summed E-state index contributed by atoms with van der Waals surface area (Å²) in [6.45, 7) is 5.06. The molecule has 2 atom stereocenters. The zero-order chi connectivity index (χ0) is 14.8. The van der Waals surface area contributed by atoms with Crippen LogP contribution in [0.2, 0.25) is 0 Å². The third kappa shape index (κ3) is 3.24. The van der Waals surface area contributed by atoms with E-state index in [9.17, 15) is 0 Å². The van der Waals surface area contributed by atoms with Crippen LogP contribution in [-0.2, 0) is 11.2 Å². The first kappa shape index (κ1) is 14.9. The van der Waals surface area contributed by atoms with Gasteiger partial charge in [-0.1, -0.05) is 12.1 Å². The smallest absolute Gasteiger partial charge is 0.123 e. The van der Waals surface area contributed by atoms with Crippen molar-refractivity contribution in [2.75, 3.05) is 13.7 Å². The predicted molar refractivity (Wildman–Crippen MR) is 84.8 cm³/mol. The van der Waals surface area contributed by atoms with Gasteiger partial charge in [0.15, 0.2) is 0 Å².